The van der Waals surface area contributed by atoms with E-state index < -0.39 is 6.23 Å². The predicted molar refractivity (Wildman–Crippen MR) is 56.1 cm³/mol. The molecule has 82 valence electrons. The molecule has 0 fully saturated rings. The van der Waals surface area contributed by atoms with Gasteiger partial charge in [-0.15, -0.1) is 0 Å². The Kier molecular flexibility index (Phi) is 3.08. The lowest BCUT2D eigenvalue weighted by molar-refractivity contribution is 0.149. The Morgan fingerprint density at radius 1 is 1.27 bits per heavy atom. The first-order valence-corrected chi connectivity index (χ1v) is 5.06. The molecular formula is C11H15NO3. The van der Waals surface area contributed by atoms with E-state index in [2.05, 4.69) is 5.32 Å². The van der Waals surface area contributed by atoms with Crippen LogP contribution in [-0.2, 0) is 0 Å². The van der Waals surface area contributed by atoms with E-state index >= 15 is 0 Å². The van der Waals surface area contributed by atoms with Gasteiger partial charge in [-0.1, -0.05) is 6.07 Å². The summed E-state index contributed by atoms with van der Waals surface area (Å²) in [5.41, 5.74) is 0.779. The third kappa shape index (κ3) is 2.22. The fourth-order valence-corrected chi connectivity index (χ4v) is 1.52. The molecule has 1 heterocycles. The molecule has 1 aromatic carbocycles. The smallest absolute Gasteiger partial charge is 0.161 e. The number of aliphatic hydroxyl groups excluding tert-OH is 1. The van der Waals surface area contributed by atoms with Crippen molar-refractivity contribution in [1.82, 2.24) is 5.32 Å². The fraction of sp³-hybridized carbons (Fsp3) is 0.455. The maximum atomic E-state index is 9.59. The number of fused-ring (bicyclic) bond motifs is 1. The molecule has 4 heteroatoms. The first-order valence-electron chi connectivity index (χ1n) is 5.06. The molecule has 2 N–H and O–H groups in total. The summed E-state index contributed by atoms with van der Waals surface area (Å²) in [7, 11) is 1.70. The molecule has 1 aromatic rings. The molecule has 1 atom stereocenters. The molecule has 4 nitrogen and oxygen atoms in total. The van der Waals surface area contributed by atoms with E-state index in [9.17, 15) is 5.11 Å². The molecule has 0 radical (unpaired) electrons. The third-order valence-electron chi connectivity index (χ3n) is 2.36. The fourth-order valence-electron chi connectivity index (χ4n) is 1.52. The number of aliphatic hydroxyl groups is 1. The van der Waals surface area contributed by atoms with Gasteiger partial charge in [-0.05, 0) is 24.7 Å². The van der Waals surface area contributed by atoms with Gasteiger partial charge >= 0.3 is 0 Å². The van der Waals surface area contributed by atoms with Gasteiger partial charge in [0.2, 0.25) is 0 Å². The normalized spacial score (nSPS) is 16.9. The minimum Gasteiger partial charge on any atom is -0.490 e. The van der Waals surface area contributed by atoms with E-state index in [4.69, 9.17) is 9.47 Å². The van der Waals surface area contributed by atoms with Crippen LogP contribution in [0.25, 0.3) is 0 Å². The Labute approximate surface area is 88.8 Å². The molecule has 0 aromatic heterocycles. The van der Waals surface area contributed by atoms with Crippen LogP contribution in [0, 0.1) is 0 Å². The van der Waals surface area contributed by atoms with Gasteiger partial charge < -0.3 is 14.6 Å². The molecule has 0 amide bonds. The molecule has 15 heavy (non-hydrogen) atoms. The second kappa shape index (κ2) is 4.51. The maximum Gasteiger partial charge on any atom is 0.161 e. The minimum atomic E-state index is -0.665. The van der Waals surface area contributed by atoms with Gasteiger partial charge in [0.1, 0.15) is 6.23 Å². The Balaban J connectivity index is 2.27. The summed E-state index contributed by atoms with van der Waals surface area (Å²) >= 11 is 0. The Morgan fingerprint density at radius 2 is 2.00 bits per heavy atom. The summed E-state index contributed by atoms with van der Waals surface area (Å²) in [4.78, 5) is 0. The van der Waals surface area contributed by atoms with Gasteiger partial charge in [-0.25, -0.2) is 0 Å². The first-order chi connectivity index (χ1) is 7.31. The van der Waals surface area contributed by atoms with Crippen molar-refractivity contribution in [1.29, 1.82) is 0 Å². The Hall–Kier alpha value is -1.26. The topological polar surface area (TPSA) is 50.7 Å². The number of ether oxygens (including phenoxy) is 2. The quantitative estimate of drug-likeness (QED) is 0.715. The number of nitrogens with one attached hydrogen (secondary N) is 1. The van der Waals surface area contributed by atoms with Crippen molar-refractivity contribution in [3.63, 3.8) is 0 Å². The monoisotopic (exact) mass is 209 g/mol. The Morgan fingerprint density at radius 3 is 2.73 bits per heavy atom. The summed E-state index contributed by atoms with van der Waals surface area (Å²) < 4.78 is 11.0. The van der Waals surface area contributed by atoms with E-state index in [1.54, 1.807) is 7.05 Å². The average Bonchev–Trinajstić information content (AvgIpc) is 2.51. The molecule has 0 aliphatic carbocycles. The molecule has 0 saturated carbocycles. The third-order valence-corrected chi connectivity index (χ3v) is 2.36. The number of hydrogen-bond acceptors (Lipinski definition) is 4. The van der Waals surface area contributed by atoms with E-state index in [0.29, 0.717) is 19.0 Å². The van der Waals surface area contributed by atoms with Gasteiger partial charge in [0.25, 0.3) is 0 Å². The van der Waals surface area contributed by atoms with Crippen molar-refractivity contribution in [3.8, 4) is 11.5 Å². The second-order valence-electron chi connectivity index (χ2n) is 3.45. The number of benzene rings is 1. The van der Waals surface area contributed by atoms with Crippen LogP contribution in [0.4, 0.5) is 0 Å². The van der Waals surface area contributed by atoms with Gasteiger partial charge in [-0.2, -0.15) is 0 Å². The Bertz CT molecular complexity index is 341. The molecule has 0 spiro atoms. The molecule has 0 saturated heterocycles. The van der Waals surface area contributed by atoms with Crippen molar-refractivity contribution >= 4 is 0 Å². The average molecular weight is 209 g/mol. The van der Waals surface area contributed by atoms with E-state index in [1.807, 2.05) is 18.2 Å². The summed E-state index contributed by atoms with van der Waals surface area (Å²) in [5, 5.41) is 12.4. The van der Waals surface area contributed by atoms with Gasteiger partial charge in [0.15, 0.2) is 11.5 Å². The van der Waals surface area contributed by atoms with Crippen LogP contribution in [0.5, 0.6) is 11.5 Å². The highest BCUT2D eigenvalue weighted by atomic mass is 16.5. The highest BCUT2D eigenvalue weighted by Gasteiger charge is 2.13. The minimum absolute atomic E-state index is 0.659. The number of rotatable bonds is 2. The zero-order valence-corrected chi connectivity index (χ0v) is 8.69. The highest BCUT2D eigenvalue weighted by Crippen LogP contribution is 2.31. The van der Waals surface area contributed by atoms with E-state index in [1.165, 1.54) is 0 Å². The summed E-state index contributed by atoms with van der Waals surface area (Å²) in [6, 6.07) is 5.47. The lowest BCUT2D eigenvalue weighted by atomic mass is 10.2. The van der Waals surface area contributed by atoms with Crippen LogP contribution in [0.1, 0.15) is 18.2 Å². The molecule has 0 bridgehead atoms. The second-order valence-corrected chi connectivity index (χ2v) is 3.45. The van der Waals surface area contributed by atoms with Gasteiger partial charge in [0, 0.05) is 6.42 Å². The van der Waals surface area contributed by atoms with Crippen molar-refractivity contribution in [2.75, 3.05) is 20.3 Å². The van der Waals surface area contributed by atoms with Gasteiger partial charge in [0.05, 0.1) is 13.2 Å². The van der Waals surface area contributed by atoms with Crippen LogP contribution in [0.15, 0.2) is 18.2 Å². The standard InChI is InChI=1S/C11H15NO3/c1-12-11(13)8-3-4-9-10(7-8)15-6-2-5-14-9/h3-4,7,11-13H,2,5-6H2,1H3. The highest BCUT2D eigenvalue weighted by molar-refractivity contribution is 5.43. The zero-order chi connectivity index (χ0) is 10.7. The number of hydrogen-bond donors (Lipinski definition) is 2. The van der Waals surface area contributed by atoms with Crippen molar-refractivity contribution in [2.45, 2.75) is 12.6 Å². The summed E-state index contributed by atoms with van der Waals surface area (Å²) in [5.74, 6) is 1.46. The summed E-state index contributed by atoms with van der Waals surface area (Å²) in [6.07, 6.45) is 0.223. The first kappa shape index (κ1) is 10.3. The van der Waals surface area contributed by atoms with Crippen LogP contribution < -0.4 is 14.8 Å². The van der Waals surface area contributed by atoms with Crippen molar-refractivity contribution < 1.29 is 14.6 Å². The lowest BCUT2D eigenvalue weighted by Crippen LogP contribution is -2.15. The molecular weight excluding hydrogens is 194 g/mol. The van der Waals surface area contributed by atoms with Crippen LogP contribution >= 0.6 is 0 Å². The molecule has 1 aliphatic heterocycles. The largest absolute Gasteiger partial charge is 0.490 e. The zero-order valence-electron chi connectivity index (χ0n) is 8.69. The predicted octanol–water partition coefficient (Wildman–Crippen LogP) is 1.06. The summed E-state index contributed by atoms with van der Waals surface area (Å²) in [6.45, 7) is 1.34. The van der Waals surface area contributed by atoms with E-state index in [-0.39, 0.29) is 0 Å². The van der Waals surface area contributed by atoms with Crippen LogP contribution in [-0.4, -0.2) is 25.4 Å². The molecule has 1 aliphatic rings. The van der Waals surface area contributed by atoms with Crippen LogP contribution in [0.2, 0.25) is 0 Å². The lowest BCUT2D eigenvalue weighted by Gasteiger charge is -2.12. The van der Waals surface area contributed by atoms with Crippen molar-refractivity contribution in [2.24, 2.45) is 0 Å². The maximum absolute atomic E-state index is 9.59. The SMILES string of the molecule is CNC(O)c1ccc2c(c1)OCCCO2. The molecule has 2 rings (SSSR count). The molecule has 1 unspecified atom stereocenters. The van der Waals surface area contributed by atoms with Crippen molar-refractivity contribution in [3.05, 3.63) is 23.8 Å². The van der Waals surface area contributed by atoms with E-state index in [0.717, 1.165) is 17.7 Å². The van der Waals surface area contributed by atoms with Gasteiger partial charge in [-0.3, -0.25) is 5.32 Å². The van der Waals surface area contributed by atoms with Crippen LogP contribution in [0.3, 0.4) is 0 Å².